The van der Waals surface area contributed by atoms with E-state index in [0.717, 1.165) is 22.2 Å². The third-order valence-electron chi connectivity index (χ3n) is 4.12. The average molecular weight is 354 g/mol. The summed E-state index contributed by atoms with van der Waals surface area (Å²) < 4.78 is 13.9. The molecule has 0 spiro atoms. The summed E-state index contributed by atoms with van der Waals surface area (Å²) in [4.78, 5) is 16.5. The van der Waals surface area contributed by atoms with Crippen LogP contribution in [0.4, 0.5) is 9.52 Å². The van der Waals surface area contributed by atoms with E-state index in [-0.39, 0.29) is 11.7 Å². The largest absolute Gasteiger partial charge is 0.298 e. The molecule has 0 saturated heterocycles. The van der Waals surface area contributed by atoms with Crippen LogP contribution in [0.3, 0.4) is 0 Å². The quantitative estimate of drug-likeness (QED) is 0.606. The van der Waals surface area contributed by atoms with Crippen molar-refractivity contribution in [1.29, 1.82) is 0 Å². The summed E-state index contributed by atoms with van der Waals surface area (Å²) in [5, 5.41) is 3.36. The molecule has 3 nitrogen and oxygen atoms in total. The van der Waals surface area contributed by atoms with Gasteiger partial charge in [-0.1, -0.05) is 43.4 Å². The normalized spacial score (nSPS) is 12.6. The van der Waals surface area contributed by atoms with Crippen LogP contribution in [0.5, 0.6) is 0 Å². The molecular formula is C20H19FN2OS. The van der Waals surface area contributed by atoms with Crippen LogP contribution < -0.4 is 5.32 Å². The molecule has 1 heterocycles. The Hall–Kier alpha value is -2.53. The Labute approximate surface area is 150 Å². The van der Waals surface area contributed by atoms with E-state index < -0.39 is 0 Å². The van der Waals surface area contributed by atoms with Crippen LogP contribution in [0.1, 0.15) is 37.3 Å². The van der Waals surface area contributed by atoms with Crippen molar-refractivity contribution in [2.75, 3.05) is 5.32 Å². The van der Waals surface area contributed by atoms with Gasteiger partial charge in [-0.05, 0) is 53.8 Å². The monoisotopic (exact) mass is 354 g/mol. The van der Waals surface area contributed by atoms with E-state index in [9.17, 15) is 9.18 Å². The van der Waals surface area contributed by atoms with Gasteiger partial charge in [-0.15, -0.1) is 0 Å². The molecule has 25 heavy (non-hydrogen) atoms. The second kappa shape index (κ2) is 7.57. The fourth-order valence-electron chi connectivity index (χ4n) is 2.43. The van der Waals surface area contributed by atoms with E-state index in [2.05, 4.69) is 36.3 Å². The summed E-state index contributed by atoms with van der Waals surface area (Å²) >= 11 is 1.46. The van der Waals surface area contributed by atoms with Gasteiger partial charge in [-0.3, -0.25) is 10.1 Å². The Morgan fingerprint density at radius 2 is 2.04 bits per heavy atom. The Morgan fingerprint density at radius 3 is 2.76 bits per heavy atom. The highest BCUT2D eigenvalue weighted by Crippen LogP contribution is 2.29. The van der Waals surface area contributed by atoms with Gasteiger partial charge in [0.15, 0.2) is 5.13 Å². The lowest BCUT2D eigenvalue weighted by Crippen LogP contribution is -2.07. The van der Waals surface area contributed by atoms with Crippen molar-refractivity contribution in [2.45, 2.75) is 26.2 Å². The lowest BCUT2D eigenvalue weighted by Gasteiger charge is -2.07. The summed E-state index contributed by atoms with van der Waals surface area (Å²) in [6.45, 7) is 4.37. The number of carbonyl (C=O) groups is 1. The van der Waals surface area contributed by atoms with Crippen molar-refractivity contribution >= 4 is 38.7 Å². The van der Waals surface area contributed by atoms with E-state index in [0.29, 0.717) is 11.0 Å². The maximum atomic E-state index is 12.9. The molecule has 5 heteroatoms. The molecule has 128 valence electrons. The lowest BCUT2D eigenvalue weighted by molar-refractivity contribution is -0.111. The molecule has 1 amide bonds. The molecule has 0 saturated carbocycles. The highest BCUT2D eigenvalue weighted by Gasteiger charge is 2.09. The molecule has 1 atom stereocenters. The van der Waals surface area contributed by atoms with Gasteiger partial charge in [0.05, 0.1) is 10.2 Å². The van der Waals surface area contributed by atoms with Gasteiger partial charge in [-0.25, -0.2) is 9.37 Å². The molecule has 1 aromatic heterocycles. The standard InChI is InChI=1S/C20H19FN2OS/c1-3-13(2)15-7-10-17-18(12-15)25-20(22-17)23-19(24)11-6-14-4-8-16(21)9-5-14/h4-13H,3H2,1-2H3,(H,22,23,24)/b11-6+. The van der Waals surface area contributed by atoms with E-state index >= 15 is 0 Å². The number of hydrogen-bond donors (Lipinski definition) is 1. The topological polar surface area (TPSA) is 42.0 Å². The van der Waals surface area contributed by atoms with Gasteiger partial charge in [0, 0.05) is 6.08 Å². The molecule has 0 aliphatic rings. The fraction of sp³-hybridized carbons (Fsp3) is 0.200. The van der Waals surface area contributed by atoms with Crippen LogP contribution in [0.25, 0.3) is 16.3 Å². The third kappa shape index (κ3) is 4.31. The van der Waals surface area contributed by atoms with Crippen molar-refractivity contribution in [3.63, 3.8) is 0 Å². The summed E-state index contributed by atoms with van der Waals surface area (Å²) in [5.41, 5.74) is 2.93. The summed E-state index contributed by atoms with van der Waals surface area (Å²) in [7, 11) is 0. The summed E-state index contributed by atoms with van der Waals surface area (Å²) in [5.74, 6) is -0.0541. The second-order valence-electron chi connectivity index (χ2n) is 5.93. The average Bonchev–Trinajstić information content (AvgIpc) is 3.01. The minimum Gasteiger partial charge on any atom is -0.298 e. The number of anilines is 1. The molecule has 0 bridgehead atoms. The lowest BCUT2D eigenvalue weighted by atomic mass is 9.99. The van der Waals surface area contributed by atoms with Crippen LogP contribution in [0, 0.1) is 5.82 Å². The second-order valence-corrected chi connectivity index (χ2v) is 6.96. The zero-order valence-electron chi connectivity index (χ0n) is 14.1. The van der Waals surface area contributed by atoms with E-state index in [1.807, 2.05) is 6.07 Å². The first-order chi connectivity index (χ1) is 12.0. The number of hydrogen-bond acceptors (Lipinski definition) is 3. The first-order valence-electron chi connectivity index (χ1n) is 8.20. The van der Waals surface area contributed by atoms with E-state index in [1.54, 1.807) is 18.2 Å². The van der Waals surface area contributed by atoms with Crippen molar-refractivity contribution in [2.24, 2.45) is 0 Å². The van der Waals surface area contributed by atoms with Crippen LogP contribution in [0.2, 0.25) is 0 Å². The van der Waals surface area contributed by atoms with Crippen LogP contribution in [0.15, 0.2) is 48.5 Å². The third-order valence-corrected chi connectivity index (χ3v) is 5.05. The first kappa shape index (κ1) is 17.3. The minimum absolute atomic E-state index is 0.259. The van der Waals surface area contributed by atoms with E-state index in [1.165, 1.54) is 35.1 Å². The summed E-state index contributed by atoms with van der Waals surface area (Å²) in [6.07, 6.45) is 4.15. The highest BCUT2D eigenvalue weighted by atomic mass is 32.1. The fourth-order valence-corrected chi connectivity index (χ4v) is 3.35. The van der Waals surface area contributed by atoms with Crippen molar-refractivity contribution in [3.8, 4) is 0 Å². The number of nitrogens with zero attached hydrogens (tertiary/aromatic N) is 1. The molecule has 0 radical (unpaired) electrons. The van der Waals surface area contributed by atoms with Gasteiger partial charge >= 0.3 is 0 Å². The van der Waals surface area contributed by atoms with Gasteiger partial charge in [-0.2, -0.15) is 0 Å². The molecule has 0 fully saturated rings. The predicted octanol–water partition coefficient (Wildman–Crippen LogP) is 5.60. The maximum Gasteiger partial charge on any atom is 0.250 e. The number of thiazole rings is 1. The Morgan fingerprint density at radius 1 is 1.28 bits per heavy atom. The van der Waals surface area contributed by atoms with Crippen molar-refractivity contribution < 1.29 is 9.18 Å². The predicted molar refractivity (Wildman–Crippen MR) is 102 cm³/mol. The number of carbonyl (C=O) groups excluding carboxylic acids is 1. The number of halogens is 1. The molecule has 0 aliphatic heterocycles. The molecule has 0 aliphatic carbocycles. The molecule has 3 aromatic rings. The Bertz CT molecular complexity index is 915. The SMILES string of the molecule is CCC(C)c1ccc2nc(NC(=O)/C=C/c3ccc(F)cc3)sc2c1. The van der Waals surface area contributed by atoms with Gasteiger partial charge in [0.2, 0.25) is 5.91 Å². The molecule has 2 aromatic carbocycles. The molecule has 1 N–H and O–H groups in total. The number of aromatic nitrogens is 1. The zero-order valence-corrected chi connectivity index (χ0v) is 14.9. The molecule has 3 rings (SSSR count). The van der Waals surface area contributed by atoms with Gasteiger partial charge in [0.25, 0.3) is 0 Å². The van der Waals surface area contributed by atoms with E-state index in [4.69, 9.17) is 0 Å². The van der Waals surface area contributed by atoms with Gasteiger partial charge < -0.3 is 0 Å². The van der Waals surface area contributed by atoms with Crippen LogP contribution >= 0.6 is 11.3 Å². The Kier molecular flexibility index (Phi) is 5.24. The maximum absolute atomic E-state index is 12.9. The summed E-state index contributed by atoms with van der Waals surface area (Å²) in [6, 6.07) is 12.2. The van der Waals surface area contributed by atoms with Crippen LogP contribution in [-0.2, 0) is 4.79 Å². The Balaban J connectivity index is 1.71. The highest BCUT2D eigenvalue weighted by molar-refractivity contribution is 7.22. The molecular weight excluding hydrogens is 335 g/mol. The first-order valence-corrected chi connectivity index (χ1v) is 9.02. The number of rotatable bonds is 5. The van der Waals surface area contributed by atoms with Gasteiger partial charge in [0.1, 0.15) is 5.82 Å². The van der Waals surface area contributed by atoms with Crippen molar-refractivity contribution in [1.82, 2.24) is 4.98 Å². The number of amides is 1. The smallest absolute Gasteiger partial charge is 0.250 e. The molecule has 1 unspecified atom stereocenters. The zero-order chi connectivity index (χ0) is 17.8. The minimum atomic E-state index is -0.298. The number of nitrogens with one attached hydrogen (secondary N) is 1. The number of fused-ring (bicyclic) bond motifs is 1. The van der Waals surface area contributed by atoms with Crippen molar-refractivity contribution in [3.05, 3.63) is 65.5 Å². The number of benzene rings is 2. The van der Waals surface area contributed by atoms with Crippen LogP contribution in [-0.4, -0.2) is 10.9 Å².